The zero-order valence-electron chi connectivity index (χ0n) is 34.3. The smallest absolute Gasteiger partial charge is 0.363 e. The standard InChI is InChI=1S/C42H51N5O15/c1-3-5-6-7-29(32(4-2)47(25-48)62-42(58)27-10-8-26(9-11-27)22-46-16-18-59-19-17-46)38(53)43-24-44-40(55)34-15-14-33(61-34)28-12-13-30(35(20-28)60-23-37(51)52)39(54)45-31(41(56)57)21-36(49)50/h8-15,20,25,29,31-32H,3-7,16-19,21-24H2,1-2H3,(H,43,53)(H,44,55)(H,45,54)(H,49,50)(H,51,52)(H,56,57)/t29-,31+,32-/m1/s1. The fraction of sp³-hybridized carbons (Fsp3) is 0.429. The van der Waals surface area contributed by atoms with Gasteiger partial charge in [-0.1, -0.05) is 51.3 Å². The van der Waals surface area contributed by atoms with Gasteiger partial charge in [-0.25, -0.2) is 14.4 Å². The van der Waals surface area contributed by atoms with E-state index in [-0.39, 0.29) is 47.0 Å². The summed E-state index contributed by atoms with van der Waals surface area (Å²) in [6.07, 6.45) is 2.36. The molecule has 1 aliphatic rings. The predicted molar refractivity (Wildman–Crippen MR) is 216 cm³/mol. The molecule has 0 saturated carbocycles. The van der Waals surface area contributed by atoms with Gasteiger partial charge in [0.15, 0.2) is 12.4 Å². The molecule has 0 spiro atoms. The normalized spacial score (nSPS) is 14.0. The zero-order valence-corrected chi connectivity index (χ0v) is 34.3. The number of hydrogen-bond donors (Lipinski definition) is 6. The van der Waals surface area contributed by atoms with Gasteiger partial charge in [0.25, 0.3) is 11.8 Å². The molecule has 0 radical (unpaired) electrons. The monoisotopic (exact) mass is 865 g/mol. The lowest BCUT2D eigenvalue weighted by Gasteiger charge is -2.31. The first-order chi connectivity index (χ1) is 29.7. The number of morpholine rings is 1. The van der Waals surface area contributed by atoms with Crippen LogP contribution in [0.5, 0.6) is 5.75 Å². The van der Waals surface area contributed by atoms with Crippen LogP contribution in [0.25, 0.3) is 11.3 Å². The van der Waals surface area contributed by atoms with Crippen LogP contribution in [0.15, 0.2) is 59.0 Å². The van der Waals surface area contributed by atoms with Gasteiger partial charge in [0.2, 0.25) is 12.3 Å². The lowest BCUT2D eigenvalue weighted by molar-refractivity contribution is -0.171. The van der Waals surface area contributed by atoms with E-state index in [4.69, 9.17) is 28.9 Å². The van der Waals surface area contributed by atoms with Gasteiger partial charge in [0.1, 0.15) is 17.6 Å². The Kier molecular flexibility index (Phi) is 18.4. The molecule has 3 aromatic rings. The number of ether oxygens (including phenoxy) is 2. The molecule has 4 rings (SSSR count). The summed E-state index contributed by atoms with van der Waals surface area (Å²) < 4.78 is 16.4. The molecule has 20 heteroatoms. The molecule has 0 bridgehead atoms. The van der Waals surface area contributed by atoms with E-state index >= 15 is 0 Å². The Bertz CT molecular complexity index is 2050. The quantitative estimate of drug-likeness (QED) is 0.0309. The van der Waals surface area contributed by atoms with Gasteiger partial charge in [0.05, 0.1) is 49.4 Å². The van der Waals surface area contributed by atoms with Gasteiger partial charge in [0, 0.05) is 25.2 Å². The van der Waals surface area contributed by atoms with Gasteiger partial charge in [-0.3, -0.25) is 28.9 Å². The molecule has 0 aliphatic carbocycles. The number of unbranched alkanes of at least 4 members (excludes halogenated alkanes) is 2. The van der Waals surface area contributed by atoms with Crippen molar-refractivity contribution >= 4 is 48.0 Å². The Morgan fingerprint density at radius 2 is 1.61 bits per heavy atom. The minimum atomic E-state index is -1.79. The zero-order chi connectivity index (χ0) is 45.2. The summed E-state index contributed by atoms with van der Waals surface area (Å²) in [7, 11) is 0. The van der Waals surface area contributed by atoms with E-state index < -0.39 is 72.6 Å². The van der Waals surface area contributed by atoms with Crippen molar-refractivity contribution in [3.63, 3.8) is 0 Å². The van der Waals surface area contributed by atoms with Crippen molar-refractivity contribution in [3.8, 4) is 17.1 Å². The number of furan rings is 1. The minimum Gasteiger partial charge on any atom is -0.481 e. The predicted octanol–water partition coefficient (Wildman–Crippen LogP) is 2.91. The molecule has 334 valence electrons. The topological polar surface area (TPSA) is 281 Å². The molecule has 2 heterocycles. The Hall–Kier alpha value is -6.80. The fourth-order valence-corrected chi connectivity index (χ4v) is 6.61. The number of hydrogen-bond acceptors (Lipinski definition) is 13. The van der Waals surface area contributed by atoms with Gasteiger partial charge in [-0.2, -0.15) is 5.06 Å². The van der Waals surface area contributed by atoms with Crippen molar-refractivity contribution in [2.24, 2.45) is 5.92 Å². The van der Waals surface area contributed by atoms with Crippen LogP contribution in [-0.4, -0.2) is 125 Å². The third kappa shape index (κ3) is 14.2. The molecule has 4 amide bonds. The van der Waals surface area contributed by atoms with E-state index in [9.17, 15) is 43.5 Å². The maximum absolute atomic E-state index is 13.7. The first-order valence-electron chi connectivity index (χ1n) is 20.0. The van der Waals surface area contributed by atoms with Crippen molar-refractivity contribution in [1.82, 2.24) is 25.9 Å². The lowest BCUT2D eigenvalue weighted by atomic mass is 9.90. The van der Waals surface area contributed by atoms with Crippen LogP contribution in [-0.2, 0) is 40.1 Å². The second-order valence-electron chi connectivity index (χ2n) is 14.3. The summed E-state index contributed by atoms with van der Waals surface area (Å²) in [5, 5.41) is 35.6. The number of amides is 4. The Balaban J connectivity index is 1.40. The number of rotatable bonds is 25. The first kappa shape index (κ1) is 47.9. The molecule has 3 atom stereocenters. The van der Waals surface area contributed by atoms with Crippen LogP contribution in [0, 0.1) is 5.92 Å². The van der Waals surface area contributed by atoms with Crippen LogP contribution < -0.4 is 20.7 Å². The van der Waals surface area contributed by atoms with Gasteiger partial charge >= 0.3 is 23.9 Å². The molecule has 1 aromatic heterocycles. The third-order valence-electron chi connectivity index (χ3n) is 9.84. The van der Waals surface area contributed by atoms with Crippen LogP contribution in [0.3, 0.4) is 0 Å². The first-order valence-corrected chi connectivity index (χ1v) is 20.0. The van der Waals surface area contributed by atoms with Crippen LogP contribution in [0.1, 0.15) is 89.2 Å². The molecule has 2 aromatic carbocycles. The van der Waals surface area contributed by atoms with E-state index in [0.29, 0.717) is 39.0 Å². The summed E-state index contributed by atoms with van der Waals surface area (Å²) in [5.41, 5.74) is 1.14. The second kappa shape index (κ2) is 23.8. The van der Waals surface area contributed by atoms with Crippen molar-refractivity contribution < 1.29 is 72.4 Å². The summed E-state index contributed by atoms with van der Waals surface area (Å²) >= 11 is 0. The highest BCUT2D eigenvalue weighted by atomic mass is 16.7. The average molecular weight is 866 g/mol. The van der Waals surface area contributed by atoms with E-state index in [2.05, 4.69) is 20.9 Å². The third-order valence-corrected chi connectivity index (χ3v) is 9.84. The maximum atomic E-state index is 13.7. The number of hydroxylamine groups is 2. The Morgan fingerprint density at radius 1 is 0.887 bits per heavy atom. The van der Waals surface area contributed by atoms with E-state index in [1.54, 1.807) is 19.1 Å². The number of carboxylic acid groups (broad SMARTS) is 3. The van der Waals surface area contributed by atoms with E-state index in [1.165, 1.54) is 30.3 Å². The summed E-state index contributed by atoms with van der Waals surface area (Å²) in [6, 6.07) is 10.7. The summed E-state index contributed by atoms with van der Waals surface area (Å²) in [4.78, 5) is 107. The Morgan fingerprint density at radius 3 is 2.24 bits per heavy atom. The number of aliphatic carboxylic acids is 3. The summed E-state index contributed by atoms with van der Waals surface area (Å²) in [5.74, 6) is -8.76. The molecule has 20 nitrogen and oxygen atoms in total. The van der Waals surface area contributed by atoms with Crippen LogP contribution >= 0.6 is 0 Å². The van der Waals surface area contributed by atoms with Gasteiger partial charge < -0.3 is 50.0 Å². The molecule has 0 unspecified atom stereocenters. The van der Waals surface area contributed by atoms with E-state index in [1.807, 2.05) is 19.1 Å². The lowest BCUT2D eigenvalue weighted by Crippen LogP contribution is -2.49. The number of nitrogens with zero attached hydrogens (tertiary/aromatic N) is 2. The molecular weight excluding hydrogens is 814 g/mol. The highest BCUT2D eigenvalue weighted by molar-refractivity contribution is 6.00. The molecule has 1 fully saturated rings. The largest absolute Gasteiger partial charge is 0.481 e. The highest BCUT2D eigenvalue weighted by Crippen LogP contribution is 2.30. The number of carbonyl (C=O) groups excluding carboxylic acids is 5. The fourth-order valence-electron chi connectivity index (χ4n) is 6.61. The van der Waals surface area contributed by atoms with Crippen molar-refractivity contribution in [1.29, 1.82) is 0 Å². The van der Waals surface area contributed by atoms with Gasteiger partial charge in [-0.15, -0.1) is 0 Å². The van der Waals surface area contributed by atoms with Crippen molar-refractivity contribution in [2.45, 2.75) is 71.0 Å². The van der Waals surface area contributed by atoms with Gasteiger partial charge in [-0.05, 0) is 54.8 Å². The molecule has 1 aliphatic heterocycles. The Labute approximate surface area is 356 Å². The van der Waals surface area contributed by atoms with Crippen molar-refractivity contribution in [2.75, 3.05) is 39.6 Å². The maximum Gasteiger partial charge on any atom is 0.363 e. The van der Waals surface area contributed by atoms with E-state index in [0.717, 1.165) is 36.6 Å². The SMILES string of the molecule is CCCCC[C@@H](C(=O)NCNC(=O)c1ccc(-c2ccc(C(=O)N[C@@H](CC(=O)O)C(=O)O)c(OCC(=O)O)c2)o1)[C@@H](CC)N(C=O)OC(=O)c1ccc(CN2CCOCC2)cc1. The highest BCUT2D eigenvalue weighted by Gasteiger charge is 2.34. The minimum absolute atomic E-state index is 0.0785. The second-order valence-corrected chi connectivity index (χ2v) is 14.3. The molecular formula is C42H51N5O15. The molecule has 1 saturated heterocycles. The molecule has 6 N–H and O–H groups in total. The van der Waals surface area contributed by atoms with Crippen molar-refractivity contribution in [3.05, 3.63) is 77.0 Å². The van der Waals surface area contributed by atoms with Crippen LogP contribution in [0.2, 0.25) is 0 Å². The number of benzene rings is 2. The number of carboxylic acids is 3. The number of nitrogens with one attached hydrogen (secondary N) is 3. The molecule has 62 heavy (non-hydrogen) atoms. The number of carbonyl (C=O) groups is 8. The average Bonchev–Trinajstić information content (AvgIpc) is 3.76. The van der Waals surface area contributed by atoms with Crippen LogP contribution in [0.4, 0.5) is 0 Å². The summed E-state index contributed by atoms with van der Waals surface area (Å²) in [6.45, 7) is 6.15.